The van der Waals surface area contributed by atoms with E-state index in [1.165, 1.54) is 18.1 Å². The lowest BCUT2D eigenvalue weighted by Crippen LogP contribution is -2.36. The zero-order valence-corrected chi connectivity index (χ0v) is 11.4. The number of ether oxygens (including phenoxy) is 1. The monoisotopic (exact) mass is 291 g/mol. The van der Waals surface area contributed by atoms with Gasteiger partial charge in [-0.3, -0.25) is 4.79 Å². The van der Waals surface area contributed by atoms with Gasteiger partial charge < -0.3 is 9.64 Å². The maximum Gasteiger partial charge on any atom is 0.227 e. The Hall–Kier alpha value is -1.20. The van der Waals surface area contributed by atoms with Gasteiger partial charge in [-0.25, -0.2) is 8.78 Å². The minimum Gasteiger partial charge on any atom is -0.383 e. The highest BCUT2D eigenvalue weighted by molar-refractivity contribution is 6.18. The number of hydrogen-bond donors (Lipinski definition) is 0. The number of carbonyl (C=O) groups excluding carboxylic acids is 1. The van der Waals surface area contributed by atoms with Crippen molar-refractivity contribution in [3.05, 3.63) is 35.4 Å². The van der Waals surface area contributed by atoms with Crippen molar-refractivity contribution in [3.8, 4) is 0 Å². The van der Waals surface area contributed by atoms with Crippen LogP contribution in [0.1, 0.15) is 5.56 Å². The largest absolute Gasteiger partial charge is 0.383 e. The van der Waals surface area contributed by atoms with Crippen molar-refractivity contribution in [3.63, 3.8) is 0 Å². The lowest BCUT2D eigenvalue weighted by Gasteiger charge is -2.21. The molecule has 6 heteroatoms. The SMILES string of the molecule is COCCN(CCCl)C(=O)Cc1ccc(F)cc1F. The van der Waals surface area contributed by atoms with Crippen LogP contribution in [-0.2, 0) is 16.0 Å². The topological polar surface area (TPSA) is 29.5 Å². The van der Waals surface area contributed by atoms with Crippen molar-refractivity contribution in [2.75, 3.05) is 32.7 Å². The molecule has 19 heavy (non-hydrogen) atoms. The van der Waals surface area contributed by atoms with Gasteiger partial charge in [-0.15, -0.1) is 11.6 Å². The Kier molecular flexibility index (Phi) is 6.73. The van der Waals surface area contributed by atoms with Crippen LogP contribution in [0, 0.1) is 11.6 Å². The molecule has 0 aliphatic rings. The number of benzene rings is 1. The van der Waals surface area contributed by atoms with E-state index in [0.29, 0.717) is 25.6 Å². The molecule has 1 rings (SSSR count). The Bertz CT molecular complexity index is 429. The maximum atomic E-state index is 13.5. The predicted molar refractivity (Wildman–Crippen MR) is 69.2 cm³/mol. The molecule has 0 radical (unpaired) electrons. The summed E-state index contributed by atoms with van der Waals surface area (Å²) in [5.74, 6) is -1.35. The number of alkyl halides is 1. The summed E-state index contributed by atoms with van der Waals surface area (Å²) >= 11 is 5.62. The van der Waals surface area contributed by atoms with Gasteiger partial charge in [0.25, 0.3) is 0 Å². The number of nitrogens with zero attached hydrogens (tertiary/aromatic N) is 1. The van der Waals surface area contributed by atoms with Crippen LogP contribution < -0.4 is 0 Å². The van der Waals surface area contributed by atoms with Crippen LogP contribution in [-0.4, -0.2) is 43.5 Å². The zero-order chi connectivity index (χ0) is 14.3. The van der Waals surface area contributed by atoms with Gasteiger partial charge in [0.15, 0.2) is 0 Å². The first kappa shape index (κ1) is 15.9. The van der Waals surface area contributed by atoms with Crippen molar-refractivity contribution in [2.45, 2.75) is 6.42 Å². The predicted octanol–water partition coefficient (Wildman–Crippen LogP) is 2.22. The molecule has 0 bridgehead atoms. The summed E-state index contributed by atoms with van der Waals surface area (Å²) in [7, 11) is 1.53. The van der Waals surface area contributed by atoms with Crippen LogP contribution in [0.5, 0.6) is 0 Å². The summed E-state index contributed by atoms with van der Waals surface area (Å²) in [6.45, 7) is 1.14. The first-order valence-corrected chi connectivity index (χ1v) is 6.38. The number of carbonyl (C=O) groups is 1. The number of hydrogen-bond acceptors (Lipinski definition) is 2. The zero-order valence-electron chi connectivity index (χ0n) is 10.7. The molecule has 0 fully saturated rings. The molecular weight excluding hydrogens is 276 g/mol. The van der Waals surface area contributed by atoms with E-state index in [2.05, 4.69) is 0 Å². The third-order valence-corrected chi connectivity index (χ3v) is 2.80. The Morgan fingerprint density at radius 2 is 2.11 bits per heavy atom. The minimum atomic E-state index is -0.717. The van der Waals surface area contributed by atoms with Crippen molar-refractivity contribution in [2.24, 2.45) is 0 Å². The van der Waals surface area contributed by atoms with E-state index in [9.17, 15) is 13.6 Å². The van der Waals surface area contributed by atoms with Gasteiger partial charge in [-0.05, 0) is 11.6 Å². The third-order valence-electron chi connectivity index (χ3n) is 2.63. The summed E-state index contributed by atoms with van der Waals surface area (Å²) in [4.78, 5) is 13.5. The number of rotatable bonds is 7. The van der Waals surface area contributed by atoms with E-state index in [-0.39, 0.29) is 17.9 Å². The lowest BCUT2D eigenvalue weighted by atomic mass is 10.1. The highest BCUT2D eigenvalue weighted by Gasteiger charge is 2.15. The second-order valence-electron chi connectivity index (χ2n) is 3.98. The van der Waals surface area contributed by atoms with Gasteiger partial charge >= 0.3 is 0 Å². The molecule has 0 aromatic heterocycles. The Balaban J connectivity index is 2.69. The average molecular weight is 292 g/mol. The van der Waals surface area contributed by atoms with Crippen LogP contribution in [0.4, 0.5) is 8.78 Å². The fourth-order valence-electron chi connectivity index (χ4n) is 1.60. The molecule has 1 amide bonds. The first-order chi connectivity index (χ1) is 9.08. The average Bonchev–Trinajstić information content (AvgIpc) is 2.37. The molecule has 0 aliphatic carbocycles. The van der Waals surface area contributed by atoms with Gasteiger partial charge in [-0.1, -0.05) is 6.07 Å². The Morgan fingerprint density at radius 1 is 1.37 bits per heavy atom. The van der Waals surface area contributed by atoms with E-state index in [1.807, 2.05) is 0 Å². The van der Waals surface area contributed by atoms with Gasteiger partial charge in [-0.2, -0.15) is 0 Å². The second-order valence-corrected chi connectivity index (χ2v) is 4.35. The summed E-state index contributed by atoms with van der Waals surface area (Å²) in [6.07, 6.45) is -0.118. The van der Waals surface area contributed by atoms with E-state index in [4.69, 9.17) is 16.3 Å². The molecule has 0 unspecified atom stereocenters. The highest BCUT2D eigenvalue weighted by atomic mass is 35.5. The van der Waals surface area contributed by atoms with Gasteiger partial charge in [0.05, 0.1) is 13.0 Å². The standard InChI is InChI=1S/C13H16ClF2NO2/c1-19-7-6-17(5-4-14)13(18)8-10-2-3-11(15)9-12(10)16/h2-3,9H,4-8H2,1H3. The van der Waals surface area contributed by atoms with Crippen molar-refractivity contribution in [1.29, 1.82) is 0 Å². The quantitative estimate of drug-likeness (QED) is 0.721. The highest BCUT2D eigenvalue weighted by Crippen LogP contribution is 2.11. The van der Waals surface area contributed by atoms with Gasteiger partial charge in [0.1, 0.15) is 11.6 Å². The normalized spacial score (nSPS) is 10.5. The fraction of sp³-hybridized carbons (Fsp3) is 0.462. The van der Waals surface area contributed by atoms with E-state index in [0.717, 1.165) is 12.1 Å². The molecule has 1 aromatic rings. The molecule has 0 saturated heterocycles. The summed E-state index contributed by atoms with van der Waals surface area (Å²) in [5.41, 5.74) is 0.170. The van der Waals surface area contributed by atoms with Gasteiger partial charge in [0.2, 0.25) is 5.91 Å². The smallest absolute Gasteiger partial charge is 0.227 e. The molecule has 1 aromatic carbocycles. The van der Waals surface area contributed by atoms with E-state index < -0.39 is 11.6 Å². The maximum absolute atomic E-state index is 13.5. The van der Waals surface area contributed by atoms with Crippen LogP contribution in [0.2, 0.25) is 0 Å². The fourth-order valence-corrected chi connectivity index (χ4v) is 1.81. The number of amides is 1. The number of halogens is 3. The summed E-state index contributed by atoms with van der Waals surface area (Å²) in [6, 6.07) is 3.17. The summed E-state index contributed by atoms with van der Waals surface area (Å²) < 4.78 is 31.1. The van der Waals surface area contributed by atoms with Gasteiger partial charge in [0, 0.05) is 32.1 Å². The Labute approximate surface area is 116 Å². The molecule has 0 heterocycles. The van der Waals surface area contributed by atoms with E-state index >= 15 is 0 Å². The van der Waals surface area contributed by atoms with Crippen molar-refractivity contribution < 1.29 is 18.3 Å². The molecule has 106 valence electrons. The first-order valence-electron chi connectivity index (χ1n) is 5.85. The summed E-state index contributed by atoms with van der Waals surface area (Å²) in [5, 5.41) is 0. The van der Waals surface area contributed by atoms with Crippen LogP contribution in [0.25, 0.3) is 0 Å². The molecule has 0 N–H and O–H groups in total. The molecule has 3 nitrogen and oxygen atoms in total. The van der Waals surface area contributed by atoms with E-state index in [1.54, 1.807) is 0 Å². The van der Waals surface area contributed by atoms with Crippen LogP contribution in [0.15, 0.2) is 18.2 Å². The van der Waals surface area contributed by atoms with Crippen molar-refractivity contribution >= 4 is 17.5 Å². The van der Waals surface area contributed by atoms with Crippen LogP contribution >= 0.6 is 11.6 Å². The lowest BCUT2D eigenvalue weighted by molar-refractivity contribution is -0.130. The Morgan fingerprint density at radius 3 is 2.68 bits per heavy atom. The minimum absolute atomic E-state index is 0.118. The second kappa shape index (κ2) is 8.07. The molecule has 0 aliphatic heterocycles. The van der Waals surface area contributed by atoms with Crippen LogP contribution in [0.3, 0.4) is 0 Å². The molecule has 0 spiro atoms. The van der Waals surface area contributed by atoms with Crippen molar-refractivity contribution in [1.82, 2.24) is 4.90 Å². The molecule has 0 saturated carbocycles. The molecule has 0 atom stereocenters. The molecular formula is C13H16ClF2NO2. The number of methoxy groups -OCH3 is 1. The third kappa shape index (κ3) is 5.12.